The molecule has 0 heterocycles. The molecular weight excluding hydrogens is 277 g/mol. The van der Waals surface area contributed by atoms with Crippen molar-refractivity contribution in [3.8, 4) is 0 Å². The lowest BCUT2D eigenvalue weighted by molar-refractivity contribution is -0.126. The Labute approximate surface area is 122 Å². The van der Waals surface area contributed by atoms with Crippen LogP contribution in [0.3, 0.4) is 0 Å². The van der Waals surface area contributed by atoms with Crippen LogP contribution >= 0.6 is 9.24 Å². The fourth-order valence-electron chi connectivity index (χ4n) is 1.60. The van der Waals surface area contributed by atoms with Crippen molar-refractivity contribution in [2.24, 2.45) is 17.4 Å². The molecule has 0 saturated heterocycles. The minimum Gasteiger partial charge on any atom is -0.370 e. The highest BCUT2D eigenvalue weighted by Crippen LogP contribution is 2.08. The van der Waals surface area contributed by atoms with Gasteiger partial charge in [0.1, 0.15) is 0 Å². The van der Waals surface area contributed by atoms with Gasteiger partial charge in [0, 0.05) is 6.54 Å². The van der Waals surface area contributed by atoms with Crippen molar-refractivity contribution in [1.82, 2.24) is 10.6 Å². The lowest BCUT2D eigenvalue weighted by Crippen LogP contribution is -2.50. The summed E-state index contributed by atoms with van der Waals surface area (Å²) < 4.78 is 0. The van der Waals surface area contributed by atoms with E-state index in [1.54, 1.807) is 0 Å². The molecule has 0 aromatic heterocycles. The zero-order valence-corrected chi connectivity index (χ0v) is 13.3. The van der Waals surface area contributed by atoms with E-state index in [1.807, 2.05) is 13.8 Å². The van der Waals surface area contributed by atoms with E-state index in [9.17, 15) is 9.59 Å². The Kier molecular flexibility index (Phi) is 9.08. The summed E-state index contributed by atoms with van der Waals surface area (Å²) in [5.74, 6) is -0.351. The maximum absolute atomic E-state index is 11.9. The molecule has 0 aliphatic rings. The molecule has 4 atom stereocenters. The Morgan fingerprint density at radius 1 is 1.40 bits per heavy atom. The topological polar surface area (TPSA) is 134 Å². The molecule has 0 aliphatic carbocycles. The standard InChI is InChI=1S/C12H26N5O2P/c1-3-7(2)9(13)10(18)17-8(11(19)20)5-4-6-16-12(14)15/h7-9H,3-6,13,20H2,1-2H3,(H,17,18)(H4,14,15,16)/t7?,8?,9-/m1/s1. The molecule has 0 saturated carbocycles. The number of nitrogens with one attached hydrogen (secondary N) is 3. The fourth-order valence-corrected chi connectivity index (χ4v) is 1.85. The number of carbonyl (C=O) groups is 2. The normalized spacial score (nSPS) is 15.0. The highest BCUT2D eigenvalue weighted by atomic mass is 31.0. The first-order chi connectivity index (χ1) is 9.29. The van der Waals surface area contributed by atoms with Crippen LogP contribution in [0.15, 0.2) is 0 Å². The number of nitrogens with two attached hydrogens (primary N) is 2. The van der Waals surface area contributed by atoms with Gasteiger partial charge in [-0.3, -0.25) is 15.0 Å². The lowest BCUT2D eigenvalue weighted by atomic mass is 9.99. The van der Waals surface area contributed by atoms with Crippen molar-refractivity contribution in [2.75, 3.05) is 6.54 Å². The summed E-state index contributed by atoms with van der Waals surface area (Å²) in [6.07, 6.45) is 1.89. The van der Waals surface area contributed by atoms with Crippen LogP contribution in [0.1, 0.15) is 33.1 Å². The summed E-state index contributed by atoms with van der Waals surface area (Å²) in [6, 6.07) is -1.18. The molecule has 0 spiro atoms. The highest BCUT2D eigenvalue weighted by molar-refractivity contribution is 7.40. The molecule has 8 heteroatoms. The van der Waals surface area contributed by atoms with Crippen molar-refractivity contribution < 1.29 is 9.59 Å². The summed E-state index contributed by atoms with van der Waals surface area (Å²) in [6.45, 7) is 4.35. The Hall–Kier alpha value is -1.20. The molecule has 0 fully saturated rings. The van der Waals surface area contributed by atoms with Crippen LogP contribution < -0.4 is 22.1 Å². The largest absolute Gasteiger partial charge is 0.370 e. The lowest BCUT2D eigenvalue weighted by Gasteiger charge is -2.22. The van der Waals surface area contributed by atoms with Gasteiger partial charge >= 0.3 is 0 Å². The summed E-state index contributed by atoms with van der Waals surface area (Å²) in [5.41, 5.74) is 10.8. The molecule has 1 amide bonds. The average molecular weight is 303 g/mol. The molecule has 0 aliphatic heterocycles. The first-order valence-electron chi connectivity index (χ1n) is 6.72. The van der Waals surface area contributed by atoms with E-state index in [-0.39, 0.29) is 23.3 Å². The summed E-state index contributed by atoms with van der Waals surface area (Å²) in [4.78, 5) is 23.4. The molecule has 0 bridgehead atoms. The van der Waals surface area contributed by atoms with Gasteiger partial charge in [-0.1, -0.05) is 29.5 Å². The van der Waals surface area contributed by atoms with Gasteiger partial charge in [0.05, 0.1) is 12.1 Å². The maximum Gasteiger partial charge on any atom is 0.237 e. The molecule has 7 nitrogen and oxygen atoms in total. The van der Waals surface area contributed by atoms with Crippen LogP contribution in [-0.2, 0) is 9.59 Å². The van der Waals surface area contributed by atoms with Gasteiger partial charge in [-0.05, 0) is 18.8 Å². The minimum absolute atomic E-state index is 0.0645. The number of amides is 1. The van der Waals surface area contributed by atoms with E-state index < -0.39 is 12.1 Å². The van der Waals surface area contributed by atoms with Crippen molar-refractivity contribution in [1.29, 1.82) is 5.41 Å². The quantitative estimate of drug-likeness (QED) is 0.170. The molecule has 20 heavy (non-hydrogen) atoms. The first-order valence-corrected chi connectivity index (χ1v) is 7.30. The van der Waals surface area contributed by atoms with Gasteiger partial charge < -0.3 is 22.1 Å². The van der Waals surface area contributed by atoms with Crippen molar-refractivity contribution in [2.45, 2.75) is 45.2 Å². The monoisotopic (exact) mass is 303 g/mol. The zero-order valence-electron chi connectivity index (χ0n) is 12.1. The van der Waals surface area contributed by atoms with Crippen LogP contribution in [0.25, 0.3) is 0 Å². The minimum atomic E-state index is -0.609. The molecule has 7 N–H and O–H groups in total. The van der Waals surface area contributed by atoms with Crippen LogP contribution in [0, 0.1) is 11.3 Å². The van der Waals surface area contributed by atoms with E-state index in [4.69, 9.17) is 16.9 Å². The van der Waals surface area contributed by atoms with Crippen molar-refractivity contribution >= 4 is 26.6 Å². The number of carbonyl (C=O) groups excluding carboxylic acids is 2. The predicted octanol–water partition coefficient (Wildman–Crippen LogP) is -0.490. The predicted molar refractivity (Wildman–Crippen MR) is 83.2 cm³/mol. The SMILES string of the molecule is CCC(C)[C@@H](N)C(=O)NC(CCCNC(=N)N)C(=O)P. The fraction of sp³-hybridized carbons (Fsp3) is 0.750. The van der Waals surface area contributed by atoms with Gasteiger partial charge in [0.2, 0.25) is 5.91 Å². The van der Waals surface area contributed by atoms with Crippen molar-refractivity contribution in [3.63, 3.8) is 0 Å². The van der Waals surface area contributed by atoms with Crippen molar-refractivity contribution in [3.05, 3.63) is 0 Å². The molecule has 0 radical (unpaired) electrons. The summed E-state index contributed by atoms with van der Waals surface area (Å²) >= 11 is 0. The van der Waals surface area contributed by atoms with Gasteiger partial charge in [0.15, 0.2) is 11.5 Å². The second kappa shape index (κ2) is 9.66. The molecule has 0 aromatic rings. The van der Waals surface area contributed by atoms with Crippen LogP contribution in [0.5, 0.6) is 0 Å². The highest BCUT2D eigenvalue weighted by Gasteiger charge is 2.23. The van der Waals surface area contributed by atoms with E-state index >= 15 is 0 Å². The average Bonchev–Trinajstić information content (AvgIpc) is 2.39. The molecular formula is C12H26N5O2P. The van der Waals surface area contributed by atoms with Gasteiger partial charge in [0.25, 0.3) is 0 Å². The zero-order chi connectivity index (χ0) is 15.7. The van der Waals surface area contributed by atoms with E-state index in [0.717, 1.165) is 6.42 Å². The smallest absolute Gasteiger partial charge is 0.237 e. The van der Waals surface area contributed by atoms with Gasteiger partial charge in [-0.15, -0.1) is 0 Å². The van der Waals surface area contributed by atoms with Gasteiger partial charge in [-0.25, -0.2) is 0 Å². The number of guanidine groups is 1. The number of rotatable bonds is 9. The van der Waals surface area contributed by atoms with E-state index in [1.165, 1.54) is 0 Å². The first kappa shape index (κ1) is 18.8. The van der Waals surface area contributed by atoms with E-state index in [2.05, 4.69) is 19.9 Å². The number of hydrogen-bond acceptors (Lipinski definition) is 4. The molecule has 0 aromatic carbocycles. The third kappa shape index (κ3) is 7.40. The second-order valence-electron chi connectivity index (χ2n) is 4.86. The van der Waals surface area contributed by atoms with Crippen LogP contribution in [0.4, 0.5) is 0 Å². The summed E-state index contributed by atoms with van der Waals surface area (Å²) in [5, 5.41) is 12.3. The van der Waals surface area contributed by atoms with Gasteiger partial charge in [-0.2, -0.15) is 0 Å². The Balaban J connectivity index is 4.30. The molecule has 0 rings (SSSR count). The third-order valence-electron chi connectivity index (χ3n) is 3.20. The molecule has 116 valence electrons. The molecule has 3 unspecified atom stereocenters. The van der Waals surface area contributed by atoms with Crippen LogP contribution in [0.2, 0.25) is 0 Å². The Morgan fingerprint density at radius 3 is 2.45 bits per heavy atom. The maximum atomic E-state index is 11.9. The number of hydrogen-bond donors (Lipinski definition) is 5. The second-order valence-corrected chi connectivity index (χ2v) is 5.43. The Bertz CT molecular complexity index is 351. The summed E-state index contributed by atoms with van der Waals surface area (Å²) in [7, 11) is 2.08. The Morgan fingerprint density at radius 2 is 2.00 bits per heavy atom. The van der Waals surface area contributed by atoms with E-state index in [0.29, 0.717) is 19.4 Å². The van der Waals surface area contributed by atoms with Crippen LogP contribution in [-0.4, -0.2) is 36.0 Å². The third-order valence-corrected chi connectivity index (χ3v) is 3.61.